The molecule has 2 aromatic rings. The van der Waals surface area contributed by atoms with Crippen LogP contribution in [0.2, 0.25) is 0 Å². The molecule has 8 nitrogen and oxygen atoms in total. The smallest absolute Gasteiger partial charge is 0.449 e. The molecule has 29 heavy (non-hydrogen) atoms. The van der Waals surface area contributed by atoms with Gasteiger partial charge in [-0.05, 0) is 32.4 Å². The predicted octanol–water partition coefficient (Wildman–Crippen LogP) is 2.37. The van der Waals surface area contributed by atoms with Gasteiger partial charge in [-0.15, -0.1) is 0 Å². The summed E-state index contributed by atoms with van der Waals surface area (Å²) in [5.41, 5.74) is 3.98. The van der Waals surface area contributed by atoms with E-state index in [1.165, 1.54) is 4.57 Å². The summed E-state index contributed by atoms with van der Waals surface area (Å²) in [6.45, 7) is 6.34. The predicted molar refractivity (Wildman–Crippen MR) is 106 cm³/mol. The molecule has 0 bridgehead atoms. The maximum Gasteiger partial charge on any atom is 0.511 e. The maximum atomic E-state index is 15.5. The molecule has 1 saturated heterocycles. The number of ether oxygens (including phenoxy) is 1. The molecule has 4 N–H and O–H groups in total. The van der Waals surface area contributed by atoms with Crippen molar-refractivity contribution in [1.82, 2.24) is 9.88 Å². The minimum absolute atomic E-state index is 0.167. The minimum atomic E-state index is -1.70. The van der Waals surface area contributed by atoms with E-state index in [1.54, 1.807) is 11.8 Å². The molecule has 158 valence electrons. The van der Waals surface area contributed by atoms with Gasteiger partial charge in [0.15, 0.2) is 17.4 Å². The second-order valence-corrected chi connectivity index (χ2v) is 7.00. The Bertz CT molecular complexity index is 1010. The Morgan fingerprint density at radius 2 is 2.10 bits per heavy atom. The van der Waals surface area contributed by atoms with Crippen LogP contribution in [0.5, 0.6) is 5.75 Å². The molecule has 1 fully saturated rings. The van der Waals surface area contributed by atoms with E-state index in [-0.39, 0.29) is 23.7 Å². The largest absolute Gasteiger partial charge is 0.511 e. The standard InChI is InChI=1S/C19H24F2N4O4/c1-3-23-7-10-5-6-25(8-10)17-13(20)15(22)12-16(14(17)21)24(4-2)9-11(18(12)26)29-19(27)28/h9-10,23H,3-8,22H2,1-2H3,(H,27,28). The fourth-order valence-electron chi connectivity index (χ4n) is 3.82. The van der Waals surface area contributed by atoms with Crippen LogP contribution in [0.1, 0.15) is 20.3 Å². The quantitative estimate of drug-likeness (QED) is 0.495. The molecular weight excluding hydrogens is 386 g/mol. The Hall–Kier alpha value is -2.88. The van der Waals surface area contributed by atoms with Gasteiger partial charge in [0.1, 0.15) is 5.69 Å². The average molecular weight is 410 g/mol. The van der Waals surface area contributed by atoms with Crippen LogP contribution < -0.4 is 26.1 Å². The molecule has 0 spiro atoms. The van der Waals surface area contributed by atoms with Crippen molar-refractivity contribution in [3.05, 3.63) is 28.1 Å². The number of nitrogens with zero attached hydrogens (tertiary/aromatic N) is 2. The lowest BCUT2D eigenvalue weighted by Gasteiger charge is -2.23. The molecule has 0 radical (unpaired) electrons. The van der Waals surface area contributed by atoms with E-state index in [4.69, 9.17) is 10.8 Å². The van der Waals surface area contributed by atoms with E-state index in [1.807, 2.05) is 6.92 Å². The molecule has 1 aliphatic rings. The number of rotatable bonds is 6. The molecule has 1 aromatic heterocycles. The van der Waals surface area contributed by atoms with Crippen LogP contribution in [0.25, 0.3) is 10.9 Å². The highest BCUT2D eigenvalue weighted by atomic mass is 19.1. The highest BCUT2D eigenvalue weighted by Gasteiger charge is 2.31. The van der Waals surface area contributed by atoms with Gasteiger partial charge in [-0.2, -0.15) is 0 Å². The second kappa shape index (κ2) is 8.24. The number of aryl methyl sites for hydroxylation is 1. The number of nitrogens with one attached hydrogen (secondary N) is 1. The summed E-state index contributed by atoms with van der Waals surface area (Å²) >= 11 is 0. The van der Waals surface area contributed by atoms with Crippen molar-refractivity contribution in [2.75, 3.05) is 36.8 Å². The van der Waals surface area contributed by atoms with Gasteiger partial charge in [0.2, 0.25) is 5.43 Å². The van der Waals surface area contributed by atoms with E-state index in [0.717, 1.165) is 25.7 Å². The summed E-state index contributed by atoms with van der Waals surface area (Å²) < 4.78 is 36.4. The molecule has 10 heteroatoms. The van der Waals surface area contributed by atoms with Crippen LogP contribution in [0, 0.1) is 17.6 Å². The van der Waals surface area contributed by atoms with Crippen molar-refractivity contribution < 1.29 is 23.4 Å². The molecule has 1 unspecified atom stereocenters. The molecule has 1 atom stereocenters. The Labute approximate surface area is 165 Å². The van der Waals surface area contributed by atoms with Crippen LogP contribution >= 0.6 is 0 Å². The van der Waals surface area contributed by atoms with Gasteiger partial charge in [-0.1, -0.05) is 6.92 Å². The van der Waals surface area contributed by atoms with Gasteiger partial charge in [-0.25, -0.2) is 13.6 Å². The first kappa shape index (κ1) is 20.8. The molecule has 2 heterocycles. The SMILES string of the molecule is CCNCC1CCN(c2c(F)c(N)c3c(=O)c(OC(=O)O)cn(CC)c3c2F)C1. The van der Waals surface area contributed by atoms with Gasteiger partial charge < -0.3 is 30.4 Å². The van der Waals surface area contributed by atoms with Crippen molar-refractivity contribution in [2.45, 2.75) is 26.8 Å². The van der Waals surface area contributed by atoms with Gasteiger partial charge in [0.05, 0.1) is 22.8 Å². The number of benzene rings is 1. The molecule has 0 amide bonds. The number of anilines is 2. The van der Waals surface area contributed by atoms with Gasteiger partial charge in [0.25, 0.3) is 0 Å². The third-order valence-electron chi connectivity index (χ3n) is 5.20. The van der Waals surface area contributed by atoms with E-state index in [2.05, 4.69) is 10.1 Å². The highest BCUT2D eigenvalue weighted by molar-refractivity contribution is 5.96. The molecule has 0 aliphatic carbocycles. The number of nitrogens with two attached hydrogens (primary N) is 1. The molecule has 1 aromatic carbocycles. The van der Waals surface area contributed by atoms with Gasteiger partial charge in [-0.3, -0.25) is 4.79 Å². The Kier molecular flexibility index (Phi) is 5.92. The first-order chi connectivity index (χ1) is 13.8. The Morgan fingerprint density at radius 3 is 2.72 bits per heavy atom. The van der Waals surface area contributed by atoms with Gasteiger partial charge in [0, 0.05) is 19.6 Å². The number of hydrogen-bond acceptors (Lipinski definition) is 6. The summed E-state index contributed by atoms with van der Waals surface area (Å²) in [4.78, 5) is 25.1. The summed E-state index contributed by atoms with van der Waals surface area (Å²) in [5, 5.41) is 11.6. The lowest BCUT2D eigenvalue weighted by atomic mass is 10.1. The maximum absolute atomic E-state index is 15.5. The second-order valence-electron chi connectivity index (χ2n) is 7.00. The zero-order chi connectivity index (χ0) is 21.3. The normalized spacial score (nSPS) is 16.6. The van der Waals surface area contributed by atoms with Crippen molar-refractivity contribution in [1.29, 1.82) is 0 Å². The first-order valence-electron chi connectivity index (χ1n) is 9.50. The van der Waals surface area contributed by atoms with E-state index in [0.29, 0.717) is 13.1 Å². The number of carboxylic acid groups (broad SMARTS) is 1. The fourth-order valence-corrected chi connectivity index (χ4v) is 3.82. The number of hydrogen-bond donors (Lipinski definition) is 3. The zero-order valence-electron chi connectivity index (χ0n) is 16.3. The number of nitrogen functional groups attached to an aromatic ring is 1. The highest BCUT2D eigenvalue weighted by Crippen LogP contribution is 2.37. The Balaban J connectivity index is 2.18. The lowest BCUT2D eigenvalue weighted by molar-refractivity contribution is 0.144. The van der Waals surface area contributed by atoms with Crippen molar-refractivity contribution in [3.8, 4) is 5.75 Å². The van der Waals surface area contributed by atoms with Crippen molar-refractivity contribution >= 4 is 28.4 Å². The lowest BCUT2D eigenvalue weighted by Crippen LogP contribution is -2.28. The third kappa shape index (κ3) is 3.71. The van der Waals surface area contributed by atoms with Crippen LogP contribution in [-0.2, 0) is 6.54 Å². The van der Waals surface area contributed by atoms with Crippen molar-refractivity contribution in [2.24, 2.45) is 5.92 Å². The van der Waals surface area contributed by atoms with E-state index in [9.17, 15) is 9.59 Å². The topological polar surface area (TPSA) is 110 Å². The zero-order valence-corrected chi connectivity index (χ0v) is 16.3. The van der Waals surface area contributed by atoms with Crippen molar-refractivity contribution in [3.63, 3.8) is 0 Å². The number of carbonyl (C=O) groups is 1. The van der Waals surface area contributed by atoms with Crippen LogP contribution in [0.15, 0.2) is 11.0 Å². The molecular formula is C19H24F2N4O4. The number of aromatic nitrogens is 1. The fraction of sp³-hybridized carbons (Fsp3) is 0.474. The monoisotopic (exact) mass is 410 g/mol. The summed E-state index contributed by atoms with van der Waals surface area (Å²) in [6, 6.07) is 0. The summed E-state index contributed by atoms with van der Waals surface area (Å²) in [5.74, 6) is -2.23. The number of fused-ring (bicyclic) bond motifs is 1. The molecule has 3 rings (SSSR count). The average Bonchev–Trinajstić information content (AvgIpc) is 3.14. The third-order valence-corrected chi connectivity index (χ3v) is 5.20. The van der Waals surface area contributed by atoms with Crippen LogP contribution in [0.4, 0.5) is 25.0 Å². The first-order valence-corrected chi connectivity index (χ1v) is 9.50. The summed E-state index contributed by atoms with van der Waals surface area (Å²) in [7, 11) is 0. The number of halogens is 2. The summed E-state index contributed by atoms with van der Waals surface area (Å²) in [6.07, 6.45) is 0.167. The van der Waals surface area contributed by atoms with E-state index >= 15 is 8.78 Å². The Morgan fingerprint density at radius 1 is 1.38 bits per heavy atom. The van der Waals surface area contributed by atoms with Crippen LogP contribution in [-0.4, -0.2) is 42.0 Å². The van der Waals surface area contributed by atoms with Crippen LogP contribution in [0.3, 0.4) is 0 Å². The van der Waals surface area contributed by atoms with Gasteiger partial charge >= 0.3 is 6.16 Å². The number of pyridine rings is 1. The van der Waals surface area contributed by atoms with E-state index < -0.39 is 40.0 Å². The molecule has 1 aliphatic heterocycles. The minimum Gasteiger partial charge on any atom is -0.449 e. The molecule has 0 saturated carbocycles.